The molecule has 0 aliphatic heterocycles. The fourth-order valence-corrected chi connectivity index (χ4v) is 2.53. The second-order valence-corrected chi connectivity index (χ2v) is 5.69. The average molecular weight is 332 g/mol. The molecule has 0 spiro atoms. The van der Waals surface area contributed by atoms with Gasteiger partial charge in [-0.25, -0.2) is 4.39 Å². The lowest BCUT2D eigenvalue weighted by molar-refractivity contribution is 0.169. The van der Waals surface area contributed by atoms with Crippen molar-refractivity contribution < 1.29 is 9.13 Å². The van der Waals surface area contributed by atoms with Gasteiger partial charge in [-0.3, -0.25) is 0 Å². The molecule has 1 N–H and O–H groups in total. The topological polar surface area (TPSA) is 21.3 Å². The molecule has 0 aliphatic carbocycles. The van der Waals surface area contributed by atoms with Crippen LogP contribution in [0.1, 0.15) is 38.3 Å². The van der Waals surface area contributed by atoms with Crippen LogP contribution in [0.15, 0.2) is 22.7 Å². The summed E-state index contributed by atoms with van der Waals surface area (Å²) in [7, 11) is 1.70. The van der Waals surface area contributed by atoms with Crippen molar-refractivity contribution in [1.29, 1.82) is 0 Å². The Morgan fingerprint density at radius 1 is 1.42 bits per heavy atom. The van der Waals surface area contributed by atoms with E-state index in [4.69, 9.17) is 4.74 Å². The molecule has 1 aromatic carbocycles. The van der Waals surface area contributed by atoms with Crippen molar-refractivity contribution >= 4 is 15.9 Å². The van der Waals surface area contributed by atoms with Gasteiger partial charge in [0.05, 0.1) is 4.47 Å². The summed E-state index contributed by atoms with van der Waals surface area (Å²) in [5.41, 5.74) is 0.728. The monoisotopic (exact) mass is 331 g/mol. The van der Waals surface area contributed by atoms with E-state index >= 15 is 0 Å². The Kier molecular flexibility index (Phi) is 7.57. The van der Waals surface area contributed by atoms with Gasteiger partial charge < -0.3 is 10.1 Å². The van der Waals surface area contributed by atoms with E-state index in [-0.39, 0.29) is 11.9 Å². The highest BCUT2D eigenvalue weighted by molar-refractivity contribution is 9.10. The van der Waals surface area contributed by atoms with Crippen LogP contribution in [0.4, 0.5) is 4.39 Å². The molecule has 0 amide bonds. The summed E-state index contributed by atoms with van der Waals surface area (Å²) in [6.45, 7) is 5.82. The average Bonchev–Trinajstić information content (AvgIpc) is 2.41. The number of hydrogen-bond acceptors (Lipinski definition) is 2. The summed E-state index contributed by atoms with van der Waals surface area (Å²) in [5.74, 6) is 0.149. The summed E-state index contributed by atoms with van der Waals surface area (Å²) in [6, 6.07) is 5.49. The van der Waals surface area contributed by atoms with E-state index in [2.05, 4.69) is 35.1 Å². The number of hydrogen-bond donors (Lipinski definition) is 1. The SMILES string of the molecule is CCCNC(c1cccc(Br)c1F)C(C)CCOC. The standard InChI is InChI=1S/C15H23BrFNO/c1-4-9-18-15(11(2)8-10-19-3)12-6-5-7-13(16)14(12)17/h5-7,11,15,18H,4,8-10H2,1-3H3. The molecule has 0 radical (unpaired) electrons. The number of nitrogens with one attached hydrogen (secondary N) is 1. The van der Waals surface area contributed by atoms with Crippen LogP contribution >= 0.6 is 15.9 Å². The quantitative estimate of drug-likeness (QED) is 0.766. The van der Waals surface area contributed by atoms with Gasteiger partial charge in [0, 0.05) is 25.3 Å². The molecule has 0 bridgehead atoms. The smallest absolute Gasteiger partial charge is 0.142 e. The van der Waals surface area contributed by atoms with Crippen LogP contribution in [0.25, 0.3) is 0 Å². The molecular weight excluding hydrogens is 309 g/mol. The minimum absolute atomic E-state index is 0.0209. The largest absolute Gasteiger partial charge is 0.385 e. The van der Waals surface area contributed by atoms with Gasteiger partial charge >= 0.3 is 0 Å². The number of benzene rings is 1. The molecule has 0 aliphatic rings. The van der Waals surface area contributed by atoms with Crippen LogP contribution in [0.5, 0.6) is 0 Å². The van der Waals surface area contributed by atoms with Gasteiger partial charge in [0.25, 0.3) is 0 Å². The number of halogens is 2. The molecule has 0 saturated heterocycles. The van der Waals surface area contributed by atoms with Gasteiger partial charge in [0.15, 0.2) is 0 Å². The van der Waals surface area contributed by atoms with E-state index in [9.17, 15) is 4.39 Å². The third-order valence-corrected chi connectivity index (χ3v) is 3.89. The maximum atomic E-state index is 14.2. The van der Waals surface area contributed by atoms with Crippen molar-refractivity contribution in [1.82, 2.24) is 5.32 Å². The second-order valence-electron chi connectivity index (χ2n) is 4.83. The lowest BCUT2D eigenvalue weighted by Gasteiger charge is -2.26. The fourth-order valence-electron chi connectivity index (χ4n) is 2.15. The van der Waals surface area contributed by atoms with Gasteiger partial charge in [0.1, 0.15) is 5.82 Å². The number of ether oxygens (including phenoxy) is 1. The van der Waals surface area contributed by atoms with Crippen LogP contribution < -0.4 is 5.32 Å². The first-order valence-electron chi connectivity index (χ1n) is 6.78. The zero-order valence-electron chi connectivity index (χ0n) is 11.9. The molecule has 108 valence electrons. The Hall–Kier alpha value is -0.450. The zero-order chi connectivity index (χ0) is 14.3. The summed E-state index contributed by atoms with van der Waals surface area (Å²) in [5, 5.41) is 3.45. The molecule has 2 atom stereocenters. The Balaban J connectivity index is 2.91. The van der Waals surface area contributed by atoms with Crippen LogP contribution in [0.3, 0.4) is 0 Å². The minimum atomic E-state index is -0.166. The summed E-state index contributed by atoms with van der Waals surface area (Å²) < 4.78 is 19.9. The molecule has 1 aromatic rings. The van der Waals surface area contributed by atoms with Gasteiger partial charge in [0.2, 0.25) is 0 Å². The molecule has 1 rings (SSSR count). The summed E-state index contributed by atoms with van der Waals surface area (Å²) in [4.78, 5) is 0. The molecule has 2 nitrogen and oxygen atoms in total. The first-order chi connectivity index (χ1) is 9.11. The van der Waals surface area contributed by atoms with Crippen molar-refractivity contribution in [3.05, 3.63) is 34.1 Å². The third kappa shape index (κ3) is 4.86. The highest BCUT2D eigenvalue weighted by Gasteiger charge is 2.22. The van der Waals surface area contributed by atoms with Gasteiger partial charge in [-0.05, 0) is 47.3 Å². The Bertz CT molecular complexity index is 386. The lowest BCUT2D eigenvalue weighted by Crippen LogP contribution is -2.29. The molecule has 4 heteroatoms. The van der Waals surface area contributed by atoms with Crippen LogP contribution in [0, 0.1) is 11.7 Å². The Labute approximate surface area is 123 Å². The summed E-state index contributed by atoms with van der Waals surface area (Å²) >= 11 is 3.26. The van der Waals surface area contributed by atoms with Gasteiger partial charge in [-0.1, -0.05) is 26.0 Å². The van der Waals surface area contributed by atoms with Crippen LogP contribution in [-0.2, 0) is 4.74 Å². The molecule has 0 heterocycles. The highest BCUT2D eigenvalue weighted by Crippen LogP contribution is 2.30. The van der Waals surface area contributed by atoms with Crippen molar-refractivity contribution in [3.8, 4) is 0 Å². The second kappa shape index (κ2) is 8.67. The Morgan fingerprint density at radius 2 is 2.16 bits per heavy atom. The molecule has 19 heavy (non-hydrogen) atoms. The van der Waals surface area contributed by atoms with Gasteiger partial charge in [-0.2, -0.15) is 0 Å². The maximum Gasteiger partial charge on any atom is 0.142 e. The van der Waals surface area contributed by atoms with E-state index in [1.807, 2.05) is 12.1 Å². The molecule has 0 aromatic heterocycles. The van der Waals surface area contributed by atoms with Crippen molar-refractivity contribution in [2.45, 2.75) is 32.7 Å². The third-order valence-electron chi connectivity index (χ3n) is 3.28. The zero-order valence-corrected chi connectivity index (χ0v) is 13.5. The van der Waals surface area contributed by atoms with Crippen LogP contribution in [0.2, 0.25) is 0 Å². The predicted octanol–water partition coefficient (Wildman–Crippen LogP) is 4.30. The number of methoxy groups -OCH3 is 1. The highest BCUT2D eigenvalue weighted by atomic mass is 79.9. The van der Waals surface area contributed by atoms with E-state index in [1.165, 1.54) is 0 Å². The van der Waals surface area contributed by atoms with E-state index in [1.54, 1.807) is 13.2 Å². The van der Waals surface area contributed by atoms with Crippen molar-refractivity contribution in [2.75, 3.05) is 20.3 Å². The van der Waals surface area contributed by atoms with E-state index in [0.717, 1.165) is 24.9 Å². The normalized spacial score (nSPS) is 14.4. The maximum absolute atomic E-state index is 14.2. The first-order valence-corrected chi connectivity index (χ1v) is 7.57. The van der Waals surface area contributed by atoms with Gasteiger partial charge in [-0.15, -0.1) is 0 Å². The van der Waals surface area contributed by atoms with E-state index < -0.39 is 0 Å². The predicted molar refractivity (Wildman–Crippen MR) is 80.8 cm³/mol. The lowest BCUT2D eigenvalue weighted by atomic mass is 9.91. The summed E-state index contributed by atoms with van der Waals surface area (Å²) in [6.07, 6.45) is 1.94. The molecule has 2 unspecified atom stereocenters. The first kappa shape index (κ1) is 16.6. The van der Waals surface area contributed by atoms with E-state index in [0.29, 0.717) is 17.0 Å². The molecule has 0 saturated carbocycles. The van der Waals surface area contributed by atoms with Crippen molar-refractivity contribution in [2.24, 2.45) is 5.92 Å². The Morgan fingerprint density at radius 3 is 2.79 bits per heavy atom. The number of rotatable bonds is 8. The molecular formula is C15H23BrFNO. The molecule has 0 fully saturated rings. The fraction of sp³-hybridized carbons (Fsp3) is 0.600. The van der Waals surface area contributed by atoms with Crippen LogP contribution in [-0.4, -0.2) is 20.3 Å². The van der Waals surface area contributed by atoms with Crippen molar-refractivity contribution in [3.63, 3.8) is 0 Å². The minimum Gasteiger partial charge on any atom is -0.385 e.